The van der Waals surface area contributed by atoms with Gasteiger partial charge in [0.2, 0.25) is 5.91 Å². The monoisotopic (exact) mass is 351 g/mol. The van der Waals surface area contributed by atoms with Crippen LogP contribution in [-0.2, 0) is 12.6 Å². The fourth-order valence-electron chi connectivity index (χ4n) is 2.64. The van der Waals surface area contributed by atoms with Crippen LogP contribution in [0.2, 0.25) is 0 Å². The van der Waals surface area contributed by atoms with Gasteiger partial charge in [-0.3, -0.25) is 4.79 Å². The van der Waals surface area contributed by atoms with Gasteiger partial charge in [0.1, 0.15) is 5.82 Å². The average molecular weight is 351 g/mol. The van der Waals surface area contributed by atoms with E-state index in [1.807, 2.05) is 18.2 Å². The van der Waals surface area contributed by atoms with Crippen molar-refractivity contribution in [2.75, 3.05) is 11.9 Å². The number of nitrogens with two attached hydrogens (primary N) is 1. The minimum atomic E-state index is -4.59. The van der Waals surface area contributed by atoms with Gasteiger partial charge in [-0.2, -0.15) is 13.2 Å². The van der Waals surface area contributed by atoms with Gasteiger partial charge in [-0.05, 0) is 43.0 Å². The molecule has 2 aromatic rings. The van der Waals surface area contributed by atoms with Gasteiger partial charge >= 0.3 is 6.18 Å². The van der Waals surface area contributed by atoms with Crippen molar-refractivity contribution in [2.45, 2.75) is 31.9 Å². The lowest BCUT2D eigenvalue weighted by molar-refractivity contribution is -0.138. The van der Waals surface area contributed by atoms with Crippen molar-refractivity contribution < 1.29 is 18.0 Å². The van der Waals surface area contributed by atoms with Crippen molar-refractivity contribution in [1.29, 1.82) is 0 Å². The fraction of sp³-hybridized carbons (Fsp3) is 0.333. The summed E-state index contributed by atoms with van der Waals surface area (Å²) in [5, 5.41) is 3.17. The van der Waals surface area contributed by atoms with E-state index in [0.717, 1.165) is 31.3 Å². The maximum Gasteiger partial charge on any atom is 0.417 e. The first-order valence-corrected chi connectivity index (χ1v) is 8.03. The number of hydrogen-bond donors (Lipinski definition) is 2. The van der Waals surface area contributed by atoms with Gasteiger partial charge in [0.05, 0.1) is 11.1 Å². The van der Waals surface area contributed by atoms with Crippen molar-refractivity contribution in [1.82, 2.24) is 4.98 Å². The number of rotatable bonds is 8. The highest BCUT2D eigenvalue weighted by atomic mass is 19.4. The Bertz CT molecular complexity index is 702. The minimum Gasteiger partial charge on any atom is -0.370 e. The molecular formula is C18H20F3N3O. The van der Waals surface area contributed by atoms with Crippen LogP contribution in [0, 0.1) is 0 Å². The number of unbranched alkanes of at least 4 members (excludes halogenated alkanes) is 2. The number of anilines is 1. The van der Waals surface area contributed by atoms with E-state index in [1.165, 1.54) is 12.1 Å². The molecule has 0 radical (unpaired) electrons. The van der Waals surface area contributed by atoms with Crippen LogP contribution in [0.1, 0.15) is 40.7 Å². The van der Waals surface area contributed by atoms with E-state index >= 15 is 0 Å². The summed E-state index contributed by atoms with van der Waals surface area (Å²) in [6.07, 6.45) is -0.179. The highest BCUT2D eigenvalue weighted by Crippen LogP contribution is 2.33. The number of nitrogens with one attached hydrogen (secondary N) is 1. The summed E-state index contributed by atoms with van der Waals surface area (Å²) in [5.41, 5.74) is 4.14. The van der Waals surface area contributed by atoms with Gasteiger partial charge < -0.3 is 11.1 Å². The van der Waals surface area contributed by atoms with Crippen LogP contribution in [0.3, 0.4) is 0 Å². The Morgan fingerprint density at radius 2 is 1.88 bits per heavy atom. The Labute approximate surface area is 144 Å². The highest BCUT2D eigenvalue weighted by molar-refractivity contribution is 5.96. The van der Waals surface area contributed by atoms with E-state index in [1.54, 1.807) is 6.20 Å². The van der Waals surface area contributed by atoms with Crippen LogP contribution in [0.5, 0.6) is 0 Å². The number of pyridine rings is 1. The van der Waals surface area contributed by atoms with Crippen LogP contribution in [0.15, 0.2) is 42.6 Å². The van der Waals surface area contributed by atoms with Crippen LogP contribution in [0.25, 0.3) is 0 Å². The second kappa shape index (κ2) is 8.50. The molecule has 0 saturated heterocycles. The number of benzene rings is 1. The van der Waals surface area contributed by atoms with E-state index in [9.17, 15) is 18.0 Å². The number of primary amides is 1. The molecule has 25 heavy (non-hydrogen) atoms. The first-order chi connectivity index (χ1) is 11.9. The Hall–Kier alpha value is -2.57. The lowest BCUT2D eigenvalue weighted by Crippen LogP contribution is -2.21. The fourth-order valence-corrected chi connectivity index (χ4v) is 2.64. The van der Waals surface area contributed by atoms with Gasteiger partial charge in [0, 0.05) is 12.7 Å². The van der Waals surface area contributed by atoms with E-state index in [-0.39, 0.29) is 0 Å². The zero-order chi connectivity index (χ0) is 18.3. The lowest BCUT2D eigenvalue weighted by atomic mass is 9.96. The molecule has 1 aromatic carbocycles. The molecule has 1 heterocycles. The summed E-state index contributed by atoms with van der Waals surface area (Å²) in [7, 11) is 0. The van der Waals surface area contributed by atoms with Crippen molar-refractivity contribution in [2.24, 2.45) is 5.73 Å². The van der Waals surface area contributed by atoms with Gasteiger partial charge in [-0.1, -0.05) is 24.6 Å². The minimum absolute atomic E-state index is 0.347. The SMILES string of the molecule is NC(=O)c1c(CCCCCNc2ccccn2)cccc1C(F)(F)F. The summed E-state index contributed by atoms with van der Waals surface area (Å²) in [6, 6.07) is 9.31. The molecule has 0 aliphatic heterocycles. The Morgan fingerprint density at radius 1 is 1.08 bits per heavy atom. The zero-order valence-electron chi connectivity index (χ0n) is 13.6. The number of amides is 1. The maximum absolute atomic E-state index is 13.0. The number of carbonyl (C=O) groups excluding carboxylic acids is 1. The summed E-state index contributed by atoms with van der Waals surface area (Å²) in [5.74, 6) is -0.254. The molecule has 7 heteroatoms. The third-order valence-corrected chi connectivity index (χ3v) is 3.80. The van der Waals surface area contributed by atoms with E-state index in [4.69, 9.17) is 5.73 Å². The standard InChI is InChI=1S/C18H20F3N3O/c19-18(20,21)14-9-6-8-13(16(14)17(22)25)7-2-1-4-11-23-15-10-3-5-12-24-15/h3,5-6,8-10,12H,1-2,4,7,11H2,(H2,22,25)(H,23,24). The largest absolute Gasteiger partial charge is 0.417 e. The van der Waals surface area contributed by atoms with Gasteiger partial charge in [0.25, 0.3) is 0 Å². The number of aromatic nitrogens is 1. The molecule has 0 atom stereocenters. The molecule has 0 saturated carbocycles. The number of nitrogens with zero attached hydrogens (tertiary/aromatic N) is 1. The van der Waals surface area contributed by atoms with Crippen LogP contribution in [-0.4, -0.2) is 17.4 Å². The number of aryl methyl sites for hydroxylation is 1. The Kier molecular flexibility index (Phi) is 6.38. The molecule has 1 aromatic heterocycles. The van der Waals surface area contributed by atoms with Crippen LogP contribution >= 0.6 is 0 Å². The first kappa shape index (κ1) is 18.8. The maximum atomic E-state index is 13.0. The zero-order valence-corrected chi connectivity index (χ0v) is 13.6. The van der Waals surface area contributed by atoms with Crippen LogP contribution in [0.4, 0.5) is 19.0 Å². The summed E-state index contributed by atoms with van der Waals surface area (Å²) < 4.78 is 39.1. The van der Waals surface area contributed by atoms with Crippen molar-refractivity contribution >= 4 is 11.7 Å². The normalized spacial score (nSPS) is 11.3. The molecule has 0 spiro atoms. The molecule has 0 fully saturated rings. The Balaban J connectivity index is 1.87. The topological polar surface area (TPSA) is 68.0 Å². The van der Waals surface area contributed by atoms with Crippen molar-refractivity contribution in [3.63, 3.8) is 0 Å². The number of carbonyl (C=O) groups is 1. The van der Waals surface area contributed by atoms with Gasteiger partial charge in [-0.25, -0.2) is 4.98 Å². The average Bonchev–Trinajstić information content (AvgIpc) is 2.57. The van der Waals surface area contributed by atoms with E-state index in [2.05, 4.69) is 10.3 Å². The molecular weight excluding hydrogens is 331 g/mol. The second-order valence-electron chi connectivity index (χ2n) is 5.65. The summed E-state index contributed by atoms with van der Waals surface area (Å²) in [6.45, 7) is 0.724. The third kappa shape index (κ3) is 5.48. The summed E-state index contributed by atoms with van der Waals surface area (Å²) >= 11 is 0. The molecule has 0 bridgehead atoms. The molecule has 0 aliphatic carbocycles. The Morgan fingerprint density at radius 3 is 2.52 bits per heavy atom. The van der Waals surface area contributed by atoms with Gasteiger partial charge in [0.15, 0.2) is 0 Å². The third-order valence-electron chi connectivity index (χ3n) is 3.80. The number of halogens is 3. The van der Waals surface area contributed by atoms with Crippen molar-refractivity contribution in [3.8, 4) is 0 Å². The molecule has 2 rings (SSSR count). The van der Waals surface area contributed by atoms with E-state index < -0.39 is 23.2 Å². The molecule has 3 N–H and O–H groups in total. The first-order valence-electron chi connectivity index (χ1n) is 8.03. The molecule has 0 unspecified atom stereocenters. The number of alkyl halides is 3. The molecule has 1 amide bonds. The molecule has 134 valence electrons. The van der Waals surface area contributed by atoms with Crippen molar-refractivity contribution in [3.05, 3.63) is 59.3 Å². The smallest absolute Gasteiger partial charge is 0.370 e. The summed E-state index contributed by atoms with van der Waals surface area (Å²) in [4.78, 5) is 15.6. The predicted octanol–water partition coefficient (Wildman–Crippen LogP) is 4.02. The second-order valence-corrected chi connectivity index (χ2v) is 5.65. The quantitative estimate of drug-likeness (QED) is 0.706. The molecule has 0 aliphatic rings. The number of hydrogen-bond acceptors (Lipinski definition) is 3. The predicted molar refractivity (Wildman–Crippen MR) is 90.2 cm³/mol. The lowest BCUT2D eigenvalue weighted by Gasteiger charge is -2.14. The molecule has 4 nitrogen and oxygen atoms in total. The van der Waals surface area contributed by atoms with Gasteiger partial charge in [-0.15, -0.1) is 0 Å². The highest BCUT2D eigenvalue weighted by Gasteiger charge is 2.35. The van der Waals surface area contributed by atoms with E-state index in [0.29, 0.717) is 18.4 Å². The van der Waals surface area contributed by atoms with Crippen LogP contribution < -0.4 is 11.1 Å².